The van der Waals surface area contributed by atoms with Crippen molar-refractivity contribution in [3.8, 4) is 0 Å². The molecule has 0 spiro atoms. The molecule has 6 heteroatoms. The Hall–Kier alpha value is -1.56. The van der Waals surface area contributed by atoms with Gasteiger partial charge in [0.25, 0.3) is 0 Å². The molecule has 0 saturated carbocycles. The Bertz CT molecular complexity index is 723. The van der Waals surface area contributed by atoms with Gasteiger partial charge in [-0.2, -0.15) is 0 Å². The lowest BCUT2D eigenvalue weighted by atomic mass is 10.1. The molecular formula is C16H14BrClN2O2. The maximum atomic E-state index is 12.2. The number of halogens is 2. The summed E-state index contributed by atoms with van der Waals surface area (Å²) in [5.41, 5.74) is 2.53. The molecule has 2 aromatic carbocycles. The average molecular weight is 382 g/mol. The van der Waals surface area contributed by atoms with Gasteiger partial charge in [0.15, 0.2) is 0 Å². The fourth-order valence-electron chi connectivity index (χ4n) is 2.64. The molecule has 0 saturated heterocycles. The zero-order chi connectivity index (χ0) is 15.7. The van der Waals surface area contributed by atoms with E-state index in [9.17, 15) is 9.90 Å². The molecule has 0 heterocycles. The SMILES string of the molecule is O=C(Nc1ccc(Br)cc1Cl)N[C@@H]1c2ccccc2C[C@@H]1O. The van der Waals surface area contributed by atoms with Gasteiger partial charge in [0.2, 0.25) is 0 Å². The highest BCUT2D eigenvalue weighted by Gasteiger charge is 2.31. The van der Waals surface area contributed by atoms with Gasteiger partial charge in [0.05, 0.1) is 22.9 Å². The summed E-state index contributed by atoms with van der Waals surface area (Å²) in [4.78, 5) is 12.2. The van der Waals surface area contributed by atoms with Crippen LogP contribution in [0.4, 0.5) is 10.5 Å². The van der Waals surface area contributed by atoms with Crippen LogP contribution in [0.15, 0.2) is 46.9 Å². The first-order valence-corrected chi connectivity index (χ1v) is 8.00. The lowest BCUT2D eigenvalue weighted by molar-refractivity contribution is 0.144. The number of urea groups is 1. The normalized spacial score (nSPS) is 19.6. The fraction of sp³-hybridized carbons (Fsp3) is 0.188. The Morgan fingerprint density at radius 2 is 2.05 bits per heavy atom. The highest BCUT2D eigenvalue weighted by atomic mass is 79.9. The quantitative estimate of drug-likeness (QED) is 0.739. The molecule has 1 aliphatic carbocycles. The standard InChI is InChI=1S/C16H14BrClN2O2/c17-10-5-6-13(12(18)8-10)19-16(22)20-15-11-4-2-1-3-9(11)7-14(15)21/h1-6,8,14-15,21H,7H2,(H2,19,20,22)/t14-,15+/m0/s1. The molecule has 2 atom stereocenters. The molecule has 3 N–H and O–H groups in total. The largest absolute Gasteiger partial charge is 0.390 e. The molecule has 3 rings (SSSR count). The summed E-state index contributed by atoms with van der Waals surface area (Å²) in [5.74, 6) is 0. The number of nitrogens with one attached hydrogen (secondary N) is 2. The first kappa shape index (κ1) is 15.3. The number of rotatable bonds is 2. The van der Waals surface area contributed by atoms with Gasteiger partial charge in [0.1, 0.15) is 0 Å². The third-order valence-corrected chi connectivity index (χ3v) is 4.48. The van der Waals surface area contributed by atoms with Gasteiger partial charge >= 0.3 is 6.03 Å². The van der Waals surface area contributed by atoms with Crippen LogP contribution in [0, 0.1) is 0 Å². The molecular weight excluding hydrogens is 368 g/mol. The molecule has 0 bridgehead atoms. The van der Waals surface area contributed by atoms with E-state index in [4.69, 9.17) is 11.6 Å². The summed E-state index contributed by atoms with van der Waals surface area (Å²) in [6.45, 7) is 0. The number of fused-ring (bicyclic) bond motifs is 1. The maximum Gasteiger partial charge on any atom is 0.319 e. The van der Waals surface area contributed by atoms with Crippen molar-refractivity contribution < 1.29 is 9.90 Å². The van der Waals surface area contributed by atoms with E-state index in [1.54, 1.807) is 18.2 Å². The fourth-order valence-corrected chi connectivity index (χ4v) is 3.36. The van der Waals surface area contributed by atoms with E-state index in [1.807, 2.05) is 24.3 Å². The van der Waals surface area contributed by atoms with Crippen LogP contribution in [0.1, 0.15) is 17.2 Å². The van der Waals surface area contributed by atoms with Gasteiger partial charge in [-0.15, -0.1) is 0 Å². The number of benzene rings is 2. The Balaban J connectivity index is 1.72. The Labute approximate surface area is 141 Å². The van der Waals surface area contributed by atoms with Gasteiger partial charge in [-0.1, -0.05) is 51.8 Å². The molecule has 0 unspecified atom stereocenters. The van der Waals surface area contributed by atoms with Gasteiger partial charge in [-0.25, -0.2) is 4.79 Å². The third kappa shape index (κ3) is 3.11. The Morgan fingerprint density at radius 3 is 2.82 bits per heavy atom. The molecule has 2 aromatic rings. The van der Waals surface area contributed by atoms with Crippen molar-refractivity contribution in [1.82, 2.24) is 5.32 Å². The monoisotopic (exact) mass is 380 g/mol. The highest BCUT2D eigenvalue weighted by molar-refractivity contribution is 9.10. The number of aliphatic hydroxyl groups is 1. The van der Waals surface area contributed by atoms with E-state index in [1.165, 1.54) is 0 Å². The summed E-state index contributed by atoms with van der Waals surface area (Å²) in [5, 5.41) is 16.1. The van der Waals surface area contributed by atoms with E-state index >= 15 is 0 Å². The zero-order valence-electron chi connectivity index (χ0n) is 11.5. The van der Waals surface area contributed by atoms with Gasteiger partial charge in [-0.05, 0) is 29.3 Å². The molecule has 0 radical (unpaired) electrons. The van der Waals surface area contributed by atoms with Crippen LogP contribution < -0.4 is 10.6 Å². The number of amides is 2. The van der Waals surface area contributed by atoms with Crippen LogP contribution in [-0.2, 0) is 6.42 Å². The van der Waals surface area contributed by atoms with Crippen LogP contribution in [0.2, 0.25) is 5.02 Å². The molecule has 22 heavy (non-hydrogen) atoms. The van der Waals surface area contributed by atoms with Gasteiger partial charge in [0, 0.05) is 10.9 Å². The van der Waals surface area contributed by atoms with Crippen LogP contribution in [0.5, 0.6) is 0 Å². The lowest BCUT2D eigenvalue weighted by Crippen LogP contribution is -2.36. The molecule has 4 nitrogen and oxygen atoms in total. The number of aliphatic hydroxyl groups excluding tert-OH is 1. The molecule has 2 amide bonds. The predicted molar refractivity (Wildman–Crippen MR) is 90.2 cm³/mol. The van der Waals surface area contributed by atoms with Gasteiger partial charge < -0.3 is 15.7 Å². The van der Waals surface area contributed by atoms with Crippen molar-refractivity contribution in [2.24, 2.45) is 0 Å². The van der Waals surface area contributed by atoms with Crippen LogP contribution in [-0.4, -0.2) is 17.2 Å². The van der Waals surface area contributed by atoms with E-state index in [0.29, 0.717) is 17.1 Å². The number of hydrogen-bond donors (Lipinski definition) is 3. The van der Waals surface area contributed by atoms with E-state index < -0.39 is 18.2 Å². The molecule has 0 aromatic heterocycles. The number of carbonyl (C=O) groups excluding carboxylic acids is 1. The van der Waals surface area contributed by atoms with Crippen molar-refractivity contribution in [3.63, 3.8) is 0 Å². The lowest BCUT2D eigenvalue weighted by Gasteiger charge is -2.18. The third-order valence-electron chi connectivity index (χ3n) is 3.67. The van der Waals surface area contributed by atoms with Crippen molar-refractivity contribution in [2.75, 3.05) is 5.32 Å². The van der Waals surface area contributed by atoms with E-state index in [2.05, 4.69) is 26.6 Å². The minimum Gasteiger partial charge on any atom is -0.390 e. The summed E-state index contributed by atoms with van der Waals surface area (Å²) < 4.78 is 0.837. The first-order chi connectivity index (χ1) is 10.5. The van der Waals surface area contributed by atoms with Crippen LogP contribution in [0.25, 0.3) is 0 Å². The maximum absolute atomic E-state index is 12.2. The number of anilines is 1. The first-order valence-electron chi connectivity index (χ1n) is 6.83. The second-order valence-corrected chi connectivity index (χ2v) is 6.49. The highest BCUT2D eigenvalue weighted by Crippen LogP contribution is 2.31. The Morgan fingerprint density at radius 1 is 1.27 bits per heavy atom. The molecule has 0 aliphatic heterocycles. The van der Waals surface area contributed by atoms with Crippen LogP contribution in [0.3, 0.4) is 0 Å². The van der Waals surface area contributed by atoms with Gasteiger partial charge in [-0.3, -0.25) is 0 Å². The number of carbonyl (C=O) groups is 1. The van der Waals surface area contributed by atoms with Crippen molar-refractivity contribution >= 4 is 39.2 Å². The minimum atomic E-state index is -0.622. The second-order valence-electron chi connectivity index (χ2n) is 5.17. The molecule has 0 fully saturated rings. The average Bonchev–Trinajstić information content (AvgIpc) is 2.78. The molecule has 114 valence electrons. The summed E-state index contributed by atoms with van der Waals surface area (Å²) in [6.07, 6.45) is -0.0799. The van der Waals surface area contributed by atoms with Crippen molar-refractivity contribution in [1.29, 1.82) is 0 Å². The minimum absolute atomic E-state index is 0.398. The summed E-state index contributed by atoms with van der Waals surface area (Å²) in [6, 6.07) is 12.1. The van der Waals surface area contributed by atoms with E-state index in [-0.39, 0.29) is 0 Å². The van der Waals surface area contributed by atoms with Crippen molar-refractivity contribution in [3.05, 3.63) is 63.1 Å². The summed E-state index contributed by atoms with van der Waals surface area (Å²) >= 11 is 9.39. The van der Waals surface area contributed by atoms with Crippen LogP contribution >= 0.6 is 27.5 Å². The number of hydrogen-bond acceptors (Lipinski definition) is 2. The Kier molecular flexibility index (Phi) is 4.38. The topological polar surface area (TPSA) is 61.4 Å². The van der Waals surface area contributed by atoms with E-state index in [0.717, 1.165) is 15.6 Å². The molecule has 1 aliphatic rings. The zero-order valence-corrected chi connectivity index (χ0v) is 13.9. The second kappa shape index (κ2) is 6.28. The smallest absolute Gasteiger partial charge is 0.319 e. The summed E-state index contributed by atoms with van der Waals surface area (Å²) in [7, 11) is 0. The van der Waals surface area contributed by atoms with Crippen molar-refractivity contribution in [2.45, 2.75) is 18.6 Å². The predicted octanol–water partition coefficient (Wildman–Crippen LogP) is 3.88.